The average molecular weight is 126 g/mol. The molecule has 0 heterocycles. The zero-order valence-corrected chi connectivity index (χ0v) is 7.23. The summed E-state index contributed by atoms with van der Waals surface area (Å²) in [6.45, 7) is 6.57. The van der Waals surface area contributed by atoms with E-state index in [1.807, 2.05) is 0 Å². The Morgan fingerprint density at radius 1 is 1.44 bits per heavy atom. The van der Waals surface area contributed by atoms with Crippen molar-refractivity contribution in [2.24, 2.45) is 0 Å². The summed E-state index contributed by atoms with van der Waals surface area (Å²) in [5, 5.41) is 0. The molecule has 1 radical (unpaired) electrons. The fraction of sp³-hybridized carbons (Fsp3) is 1.00. The van der Waals surface area contributed by atoms with Gasteiger partial charge in [0.05, 0.1) is 0 Å². The molecule has 1 unspecified atom stereocenters. The Morgan fingerprint density at radius 2 is 1.89 bits per heavy atom. The smallest absolute Gasteiger partial charge is 0.133 e. The van der Waals surface area contributed by atoms with Crippen molar-refractivity contribution in [3.8, 4) is 0 Å². The van der Waals surface area contributed by atoms with E-state index in [1.54, 1.807) is 0 Å². The molecule has 0 aromatic rings. The zero-order chi connectivity index (χ0) is 7.49. The predicted molar refractivity (Wildman–Crippen MR) is 44.0 cm³/mol. The van der Waals surface area contributed by atoms with E-state index < -0.39 is 0 Å². The lowest BCUT2D eigenvalue weighted by atomic mass is 9.59. The molecule has 53 valence electrons. The van der Waals surface area contributed by atoms with Crippen molar-refractivity contribution in [3.05, 3.63) is 0 Å². The lowest BCUT2D eigenvalue weighted by Gasteiger charge is -2.34. The average Bonchev–Trinajstić information content (AvgIpc) is 1.86. The van der Waals surface area contributed by atoms with Gasteiger partial charge in [0.15, 0.2) is 0 Å². The summed E-state index contributed by atoms with van der Waals surface area (Å²) in [4.78, 5) is 2.24. The Labute approximate surface area is 59.7 Å². The van der Waals surface area contributed by atoms with Gasteiger partial charge in [0.2, 0.25) is 0 Å². The third-order valence-electron chi connectivity index (χ3n) is 2.36. The van der Waals surface area contributed by atoms with Gasteiger partial charge in [-0.1, -0.05) is 20.7 Å². The highest BCUT2D eigenvalue weighted by molar-refractivity contribution is 6.38. The summed E-state index contributed by atoms with van der Waals surface area (Å²) in [5.74, 6) is 0. The van der Waals surface area contributed by atoms with Gasteiger partial charge < -0.3 is 4.90 Å². The van der Waals surface area contributed by atoms with Crippen LogP contribution in [0.3, 0.4) is 0 Å². The summed E-state index contributed by atoms with van der Waals surface area (Å²) in [5.41, 5.74) is 0.292. The second kappa shape index (κ2) is 3.26. The molecule has 0 bridgehead atoms. The van der Waals surface area contributed by atoms with Crippen LogP contribution in [0, 0.1) is 0 Å². The molecule has 0 fully saturated rings. The van der Waals surface area contributed by atoms with Crippen molar-refractivity contribution < 1.29 is 0 Å². The lowest BCUT2D eigenvalue weighted by molar-refractivity contribution is 0.257. The summed E-state index contributed by atoms with van der Waals surface area (Å²) < 4.78 is 0. The van der Waals surface area contributed by atoms with E-state index in [0.717, 1.165) is 0 Å². The second-order valence-electron chi connectivity index (χ2n) is 2.89. The van der Waals surface area contributed by atoms with Gasteiger partial charge in [-0.15, -0.1) is 0 Å². The Balaban J connectivity index is 3.92. The van der Waals surface area contributed by atoms with E-state index in [9.17, 15) is 0 Å². The van der Waals surface area contributed by atoms with Gasteiger partial charge in [0.1, 0.15) is 7.28 Å². The molecular formula is C7H17BN. The molecule has 0 aromatic carbocycles. The first-order chi connectivity index (χ1) is 4.06. The van der Waals surface area contributed by atoms with Gasteiger partial charge in [0.25, 0.3) is 0 Å². The van der Waals surface area contributed by atoms with Crippen LogP contribution in [0.2, 0.25) is 6.82 Å². The van der Waals surface area contributed by atoms with Crippen molar-refractivity contribution in [2.75, 3.05) is 14.1 Å². The van der Waals surface area contributed by atoms with Gasteiger partial charge in [-0.05, 0) is 26.0 Å². The number of nitrogens with zero attached hydrogens (tertiary/aromatic N) is 1. The number of hydrogen-bond donors (Lipinski definition) is 0. The largest absolute Gasteiger partial charge is 0.312 e. The summed E-state index contributed by atoms with van der Waals surface area (Å²) in [7, 11) is 6.47. The van der Waals surface area contributed by atoms with Crippen LogP contribution >= 0.6 is 0 Å². The minimum absolute atomic E-state index is 0.292. The molecule has 0 aliphatic carbocycles. The fourth-order valence-corrected chi connectivity index (χ4v) is 0.779. The molecule has 0 aliphatic heterocycles. The van der Waals surface area contributed by atoms with Crippen LogP contribution in [0.5, 0.6) is 0 Å². The van der Waals surface area contributed by atoms with Crippen molar-refractivity contribution in [1.82, 2.24) is 4.90 Å². The maximum atomic E-state index is 2.24. The SMILES string of the molecule is C[B]C(C)(CC)N(C)C. The predicted octanol–water partition coefficient (Wildman–Crippen LogP) is 1.43. The molecule has 0 saturated carbocycles. The monoisotopic (exact) mass is 126 g/mol. The fourth-order valence-electron chi connectivity index (χ4n) is 0.779. The van der Waals surface area contributed by atoms with Gasteiger partial charge in [-0.3, -0.25) is 0 Å². The van der Waals surface area contributed by atoms with Crippen LogP contribution < -0.4 is 0 Å². The standard InChI is InChI=1S/C7H17BN/c1-6-7(2,8-3)9(4)5/h6H2,1-5H3. The van der Waals surface area contributed by atoms with Crippen LogP contribution in [0.1, 0.15) is 20.3 Å². The third-order valence-corrected chi connectivity index (χ3v) is 2.36. The molecule has 0 rings (SSSR count). The lowest BCUT2D eigenvalue weighted by Crippen LogP contribution is -2.44. The first kappa shape index (κ1) is 9.02. The van der Waals surface area contributed by atoms with Crippen LogP contribution in [0.25, 0.3) is 0 Å². The van der Waals surface area contributed by atoms with E-state index in [-0.39, 0.29) is 0 Å². The van der Waals surface area contributed by atoms with Crippen molar-refractivity contribution in [1.29, 1.82) is 0 Å². The number of hydrogen-bond acceptors (Lipinski definition) is 1. The molecule has 0 aliphatic rings. The molecular weight excluding hydrogens is 109 g/mol. The van der Waals surface area contributed by atoms with E-state index in [4.69, 9.17) is 0 Å². The van der Waals surface area contributed by atoms with E-state index in [0.29, 0.717) is 5.44 Å². The molecule has 0 N–H and O–H groups in total. The Bertz CT molecular complexity index is 77.0. The molecule has 0 spiro atoms. The Morgan fingerprint density at radius 3 is 1.89 bits per heavy atom. The first-order valence-electron chi connectivity index (χ1n) is 3.54. The highest BCUT2D eigenvalue weighted by Crippen LogP contribution is 2.12. The van der Waals surface area contributed by atoms with Crippen molar-refractivity contribution >= 4 is 7.28 Å². The minimum atomic E-state index is 0.292. The Hall–Kier alpha value is 0.0249. The third kappa shape index (κ3) is 2.01. The Kier molecular flexibility index (Phi) is 3.27. The maximum Gasteiger partial charge on any atom is 0.133 e. The summed E-state index contributed by atoms with van der Waals surface area (Å²) >= 11 is 0. The molecule has 0 saturated heterocycles. The van der Waals surface area contributed by atoms with E-state index in [1.165, 1.54) is 6.42 Å². The molecule has 9 heavy (non-hydrogen) atoms. The highest BCUT2D eigenvalue weighted by atomic mass is 15.1. The van der Waals surface area contributed by atoms with Gasteiger partial charge in [-0.25, -0.2) is 0 Å². The highest BCUT2D eigenvalue weighted by Gasteiger charge is 2.21. The van der Waals surface area contributed by atoms with Gasteiger partial charge in [0, 0.05) is 0 Å². The molecule has 1 atom stereocenters. The van der Waals surface area contributed by atoms with Crippen LogP contribution in [0.15, 0.2) is 0 Å². The van der Waals surface area contributed by atoms with Crippen molar-refractivity contribution in [2.45, 2.75) is 32.5 Å². The zero-order valence-electron chi connectivity index (χ0n) is 7.23. The van der Waals surface area contributed by atoms with Crippen LogP contribution in [-0.4, -0.2) is 31.7 Å². The topological polar surface area (TPSA) is 3.24 Å². The van der Waals surface area contributed by atoms with Crippen LogP contribution in [0.4, 0.5) is 0 Å². The number of rotatable bonds is 3. The minimum Gasteiger partial charge on any atom is -0.312 e. The van der Waals surface area contributed by atoms with E-state index >= 15 is 0 Å². The molecule has 0 aromatic heterocycles. The maximum absolute atomic E-state index is 2.24. The molecule has 1 nitrogen and oxygen atoms in total. The first-order valence-corrected chi connectivity index (χ1v) is 3.54. The van der Waals surface area contributed by atoms with Gasteiger partial charge in [-0.2, -0.15) is 0 Å². The molecule has 2 heteroatoms. The quantitative estimate of drug-likeness (QED) is 0.517. The molecule has 0 amide bonds. The summed E-state index contributed by atoms with van der Waals surface area (Å²) in [6, 6.07) is 0. The summed E-state index contributed by atoms with van der Waals surface area (Å²) in [6.07, 6.45) is 1.18. The van der Waals surface area contributed by atoms with E-state index in [2.05, 4.69) is 46.9 Å². The van der Waals surface area contributed by atoms with Crippen molar-refractivity contribution in [3.63, 3.8) is 0 Å². The van der Waals surface area contributed by atoms with Gasteiger partial charge >= 0.3 is 0 Å². The van der Waals surface area contributed by atoms with Crippen LogP contribution in [-0.2, 0) is 0 Å². The normalized spacial score (nSPS) is 17.6. The second-order valence-corrected chi connectivity index (χ2v) is 2.89.